The fourth-order valence-corrected chi connectivity index (χ4v) is 1.01. The summed E-state index contributed by atoms with van der Waals surface area (Å²) in [5, 5.41) is 44.0. The lowest BCUT2D eigenvalue weighted by atomic mass is 10.2. The first-order valence-corrected chi connectivity index (χ1v) is 5.95. The highest BCUT2D eigenvalue weighted by atomic mass is 16.4. The Morgan fingerprint density at radius 2 is 1.65 bits per heavy atom. The zero-order valence-corrected chi connectivity index (χ0v) is 11.2. The van der Waals surface area contributed by atoms with Gasteiger partial charge in [-0.1, -0.05) is 6.92 Å². The van der Waals surface area contributed by atoms with Crippen LogP contribution in [0.5, 0.6) is 0 Å². The molecule has 0 heterocycles. The lowest BCUT2D eigenvalue weighted by molar-refractivity contribution is -0.152. The largest absolute Gasteiger partial charge is 0.481 e. The van der Waals surface area contributed by atoms with Crippen LogP contribution in [0.15, 0.2) is 0 Å². The Labute approximate surface area is 115 Å². The smallest absolute Gasteiger partial charge is 0.333 e. The summed E-state index contributed by atoms with van der Waals surface area (Å²) in [5.74, 6) is -3.74. The Kier molecular flexibility index (Phi) is 12.7. The molecule has 0 amide bonds. The van der Waals surface area contributed by atoms with Crippen LogP contribution in [0.1, 0.15) is 26.2 Å². The summed E-state index contributed by atoms with van der Waals surface area (Å²) in [6, 6.07) is -0.597. The van der Waals surface area contributed by atoms with E-state index in [0.717, 1.165) is 6.42 Å². The molecule has 20 heavy (non-hydrogen) atoms. The van der Waals surface area contributed by atoms with Crippen LogP contribution < -0.4 is 5.32 Å². The number of hydrogen-bond acceptors (Lipinski definition) is 6. The predicted octanol–water partition coefficient (Wildman–Crippen LogP) is -1.27. The maximum absolute atomic E-state index is 10.4. The van der Waals surface area contributed by atoms with Crippen LogP contribution in [0.4, 0.5) is 0 Å². The van der Waals surface area contributed by atoms with Gasteiger partial charge in [0.1, 0.15) is 6.04 Å². The Balaban J connectivity index is 0. The summed E-state index contributed by atoms with van der Waals surface area (Å²) < 4.78 is 0. The van der Waals surface area contributed by atoms with E-state index in [-0.39, 0.29) is 13.0 Å². The third-order valence-electron chi connectivity index (χ3n) is 2.01. The van der Waals surface area contributed by atoms with Gasteiger partial charge in [0.2, 0.25) is 0 Å². The lowest BCUT2D eigenvalue weighted by Crippen LogP contribution is -2.37. The van der Waals surface area contributed by atoms with Crippen molar-refractivity contribution in [2.45, 2.75) is 38.3 Å². The maximum Gasteiger partial charge on any atom is 0.333 e. The van der Waals surface area contributed by atoms with Gasteiger partial charge in [0.15, 0.2) is 6.10 Å². The van der Waals surface area contributed by atoms with Crippen LogP contribution >= 0.6 is 0 Å². The van der Waals surface area contributed by atoms with E-state index in [2.05, 4.69) is 5.32 Å². The van der Waals surface area contributed by atoms with Gasteiger partial charge in [-0.25, -0.2) is 4.79 Å². The Morgan fingerprint density at radius 1 is 1.10 bits per heavy atom. The van der Waals surface area contributed by atoms with E-state index in [1.807, 2.05) is 6.92 Å². The molecule has 0 saturated carbocycles. The summed E-state index contributed by atoms with van der Waals surface area (Å²) >= 11 is 0. The number of aliphatic hydroxyl groups excluding tert-OH is 2. The average Bonchev–Trinajstić information content (AvgIpc) is 2.34. The highest BCUT2D eigenvalue weighted by Gasteiger charge is 2.16. The van der Waals surface area contributed by atoms with Gasteiger partial charge in [0.05, 0.1) is 6.42 Å². The molecule has 0 aromatic rings. The van der Waals surface area contributed by atoms with Gasteiger partial charge in [0.25, 0.3) is 0 Å². The average molecular weight is 295 g/mol. The molecule has 0 saturated heterocycles. The number of carboxylic acids is 3. The van der Waals surface area contributed by atoms with Crippen molar-refractivity contribution in [2.24, 2.45) is 0 Å². The second-order valence-corrected chi connectivity index (χ2v) is 3.81. The number of aliphatic hydroxyl groups is 2. The topological polar surface area (TPSA) is 164 Å². The summed E-state index contributed by atoms with van der Waals surface area (Å²) in [6.45, 7) is 2.55. The monoisotopic (exact) mass is 295 g/mol. The third-order valence-corrected chi connectivity index (χ3v) is 2.01. The van der Waals surface area contributed by atoms with Crippen molar-refractivity contribution in [3.05, 3.63) is 0 Å². The molecule has 0 aliphatic heterocycles. The highest BCUT2D eigenvalue weighted by molar-refractivity contribution is 5.79. The molecule has 0 aliphatic carbocycles. The number of hydrogen-bond donors (Lipinski definition) is 6. The Bertz CT molecular complexity index is 307. The number of carbonyl (C=O) groups is 3. The molecule has 6 N–H and O–H groups in total. The molecule has 0 fully saturated rings. The normalized spacial score (nSPS) is 12.8. The van der Waals surface area contributed by atoms with E-state index in [0.29, 0.717) is 6.54 Å². The van der Waals surface area contributed by atoms with Gasteiger partial charge in [-0.2, -0.15) is 0 Å². The van der Waals surface area contributed by atoms with Crippen molar-refractivity contribution < 1.29 is 39.9 Å². The van der Waals surface area contributed by atoms with Gasteiger partial charge < -0.3 is 30.8 Å². The predicted molar refractivity (Wildman–Crippen MR) is 67.3 cm³/mol. The van der Waals surface area contributed by atoms with Gasteiger partial charge in [-0.05, 0) is 19.4 Å². The van der Waals surface area contributed by atoms with Gasteiger partial charge >= 0.3 is 17.9 Å². The van der Waals surface area contributed by atoms with Gasteiger partial charge in [0, 0.05) is 6.61 Å². The quantitative estimate of drug-likeness (QED) is 0.304. The molecule has 9 heteroatoms. The van der Waals surface area contributed by atoms with E-state index in [1.165, 1.54) is 0 Å². The number of nitrogens with one attached hydrogen (secondary N) is 1. The number of carboxylic acid groups (broad SMARTS) is 3. The first-order chi connectivity index (χ1) is 9.26. The molecule has 9 nitrogen and oxygen atoms in total. The first kappa shape index (κ1) is 20.6. The molecule has 0 radical (unpaired) electrons. The minimum Gasteiger partial charge on any atom is -0.481 e. The molecule has 2 unspecified atom stereocenters. The van der Waals surface area contributed by atoms with E-state index in [1.54, 1.807) is 0 Å². The van der Waals surface area contributed by atoms with Crippen molar-refractivity contribution in [2.75, 3.05) is 13.2 Å². The zero-order chi connectivity index (χ0) is 16.1. The van der Waals surface area contributed by atoms with Crippen LogP contribution in [0.25, 0.3) is 0 Å². The molecule has 0 aliphatic rings. The third kappa shape index (κ3) is 12.7. The van der Waals surface area contributed by atoms with Crippen LogP contribution in [0.2, 0.25) is 0 Å². The van der Waals surface area contributed by atoms with Crippen molar-refractivity contribution in [1.29, 1.82) is 0 Å². The molecule has 0 aromatic carbocycles. The van der Waals surface area contributed by atoms with E-state index >= 15 is 0 Å². The first-order valence-electron chi connectivity index (χ1n) is 5.95. The van der Waals surface area contributed by atoms with E-state index < -0.39 is 36.5 Å². The van der Waals surface area contributed by atoms with E-state index in [4.69, 9.17) is 25.5 Å². The van der Waals surface area contributed by atoms with E-state index in [9.17, 15) is 14.4 Å². The molecule has 0 rings (SSSR count). The maximum atomic E-state index is 10.4. The van der Waals surface area contributed by atoms with Crippen molar-refractivity contribution in [1.82, 2.24) is 5.32 Å². The summed E-state index contributed by atoms with van der Waals surface area (Å²) in [4.78, 5) is 29.8. The standard InChI is InChI=1S/C7H15NO3.C4H6O5/c1-2-4-8-6(3-5-9)7(10)11;5-2(4(8)9)1-3(6)7/h6,8-9H,2-5H2,1H3,(H,10,11);2,5H,1H2,(H,6,7)(H,8,9). The fourth-order valence-electron chi connectivity index (χ4n) is 1.01. The lowest BCUT2D eigenvalue weighted by Gasteiger charge is -2.11. The van der Waals surface area contributed by atoms with Crippen LogP contribution in [0, 0.1) is 0 Å². The minimum atomic E-state index is -1.79. The molecular formula is C11H21NO8. The van der Waals surface area contributed by atoms with Crippen molar-refractivity contribution in [3.8, 4) is 0 Å². The molecule has 0 bridgehead atoms. The van der Waals surface area contributed by atoms with Gasteiger partial charge in [-0.3, -0.25) is 9.59 Å². The Morgan fingerprint density at radius 3 is 1.90 bits per heavy atom. The minimum absolute atomic E-state index is 0.0896. The Hall–Kier alpha value is -1.71. The number of rotatable bonds is 9. The molecule has 2 atom stereocenters. The van der Waals surface area contributed by atoms with Crippen molar-refractivity contribution >= 4 is 17.9 Å². The van der Waals surface area contributed by atoms with Crippen LogP contribution in [-0.2, 0) is 14.4 Å². The van der Waals surface area contributed by atoms with Gasteiger partial charge in [-0.15, -0.1) is 0 Å². The second-order valence-electron chi connectivity index (χ2n) is 3.81. The summed E-state index contributed by atoms with van der Waals surface area (Å²) in [5.41, 5.74) is 0. The second kappa shape index (κ2) is 12.3. The fraction of sp³-hybridized carbons (Fsp3) is 0.727. The van der Waals surface area contributed by atoms with Crippen LogP contribution in [0.3, 0.4) is 0 Å². The molecule has 118 valence electrons. The molecular weight excluding hydrogens is 274 g/mol. The summed E-state index contributed by atoms with van der Waals surface area (Å²) in [7, 11) is 0. The van der Waals surface area contributed by atoms with Crippen LogP contribution in [-0.4, -0.2) is 68.7 Å². The van der Waals surface area contributed by atoms with Crippen molar-refractivity contribution in [3.63, 3.8) is 0 Å². The number of aliphatic carboxylic acids is 3. The molecule has 0 spiro atoms. The highest BCUT2D eigenvalue weighted by Crippen LogP contribution is 1.91. The summed E-state index contributed by atoms with van der Waals surface area (Å²) in [6.07, 6.45) is -1.37. The SMILES string of the molecule is CCCNC(CCO)C(=O)O.O=C(O)CC(O)C(=O)O. The zero-order valence-electron chi connectivity index (χ0n) is 11.2. The molecule has 0 aromatic heterocycles.